The summed E-state index contributed by atoms with van der Waals surface area (Å²) in [5.74, 6) is 1.46. The molecule has 0 aliphatic carbocycles. The summed E-state index contributed by atoms with van der Waals surface area (Å²) in [7, 11) is 1.63. The SMILES string of the molecule is COc1cccc(-n2c(SCC(=O)Nc3c(C)cccc3C)nnc2-c2cccnc2)c1. The average molecular weight is 446 g/mol. The summed E-state index contributed by atoms with van der Waals surface area (Å²) >= 11 is 1.33. The molecule has 2 aromatic carbocycles. The van der Waals surface area contributed by atoms with Crippen LogP contribution in [0.2, 0.25) is 0 Å². The molecule has 0 spiro atoms. The van der Waals surface area contributed by atoms with Gasteiger partial charge in [0.2, 0.25) is 5.91 Å². The molecule has 0 fully saturated rings. The zero-order chi connectivity index (χ0) is 22.5. The third kappa shape index (κ3) is 4.65. The number of rotatable bonds is 7. The number of para-hydroxylation sites is 1. The highest BCUT2D eigenvalue weighted by Crippen LogP contribution is 2.29. The van der Waals surface area contributed by atoms with E-state index in [1.165, 1.54) is 11.8 Å². The highest BCUT2D eigenvalue weighted by molar-refractivity contribution is 7.99. The minimum absolute atomic E-state index is 0.101. The van der Waals surface area contributed by atoms with Crippen molar-refractivity contribution in [1.82, 2.24) is 19.7 Å². The Bertz CT molecular complexity index is 1220. The molecule has 162 valence electrons. The number of thioether (sulfide) groups is 1. The molecular weight excluding hydrogens is 422 g/mol. The van der Waals surface area contributed by atoms with Crippen LogP contribution in [0.15, 0.2) is 72.1 Å². The van der Waals surface area contributed by atoms with Crippen LogP contribution < -0.4 is 10.1 Å². The van der Waals surface area contributed by atoms with Crippen molar-refractivity contribution in [3.8, 4) is 22.8 Å². The first-order valence-electron chi connectivity index (χ1n) is 10.1. The van der Waals surface area contributed by atoms with Gasteiger partial charge >= 0.3 is 0 Å². The zero-order valence-corrected chi connectivity index (χ0v) is 18.9. The molecule has 4 rings (SSSR count). The topological polar surface area (TPSA) is 81.9 Å². The van der Waals surface area contributed by atoms with Crippen molar-refractivity contribution in [3.05, 3.63) is 78.1 Å². The Morgan fingerprint density at radius 1 is 1.06 bits per heavy atom. The number of pyridine rings is 1. The van der Waals surface area contributed by atoms with Gasteiger partial charge in [-0.1, -0.05) is 36.0 Å². The van der Waals surface area contributed by atoms with E-state index in [-0.39, 0.29) is 11.7 Å². The molecule has 7 nitrogen and oxygen atoms in total. The molecule has 8 heteroatoms. The van der Waals surface area contributed by atoms with E-state index in [1.807, 2.05) is 73.0 Å². The number of carbonyl (C=O) groups is 1. The fourth-order valence-electron chi connectivity index (χ4n) is 3.34. The van der Waals surface area contributed by atoms with Crippen molar-refractivity contribution in [1.29, 1.82) is 0 Å². The standard InChI is InChI=1S/C24H23N5O2S/c1-16-7-4-8-17(2)22(16)26-21(30)15-32-24-28-27-23(18-9-6-12-25-14-18)29(24)19-10-5-11-20(13-19)31-3/h4-14H,15H2,1-3H3,(H,26,30). The maximum absolute atomic E-state index is 12.7. The molecule has 0 bridgehead atoms. The molecule has 0 aliphatic heterocycles. The van der Waals surface area contributed by atoms with Gasteiger partial charge < -0.3 is 10.1 Å². The number of nitrogens with zero attached hydrogens (tertiary/aromatic N) is 4. The molecule has 2 aromatic heterocycles. The Kier molecular flexibility index (Phi) is 6.51. The van der Waals surface area contributed by atoms with Gasteiger partial charge in [-0.05, 0) is 49.2 Å². The van der Waals surface area contributed by atoms with Crippen LogP contribution in [-0.2, 0) is 4.79 Å². The Hall–Kier alpha value is -3.65. The number of benzene rings is 2. The minimum atomic E-state index is -0.101. The second-order valence-electron chi connectivity index (χ2n) is 7.19. The molecule has 0 saturated carbocycles. The number of amides is 1. The van der Waals surface area contributed by atoms with E-state index in [4.69, 9.17) is 4.74 Å². The van der Waals surface area contributed by atoms with Crippen molar-refractivity contribution < 1.29 is 9.53 Å². The summed E-state index contributed by atoms with van der Waals surface area (Å²) in [6, 6.07) is 17.4. The second kappa shape index (κ2) is 9.65. The van der Waals surface area contributed by atoms with Crippen LogP contribution in [0.5, 0.6) is 5.75 Å². The molecular formula is C24H23N5O2S. The summed E-state index contributed by atoms with van der Waals surface area (Å²) in [5.41, 5.74) is 4.58. The van der Waals surface area contributed by atoms with Crippen molar-refractivity contribution in [2.24, 2.45) is 0 Å². The fraction of sp³-hybridized carbons (Fsp3) is 0.167. The fourth-order valence-corrected chi connectivity index (χ4v) is 4.10. The van der Waals surface area contributed by atoms with Crippen molar-refractivity contribution in [2.75, 3.05) is 18.2 Å². The molecule has 1 N–H and O–H groups in total. The van der Waals surface area contributed by atoms with Crippen LogP contribution in [0, 0.1) is 13.8 Å². The monoisotopic (exact) mass is 445 g/mol. The van der Waals surface area contributed by atoms with Crippen LogP contribution in [0.3, 0.4) is 0 Å². The summed E-state index contributed by atoms with van der Waals surface area (Å²) in [6.45, 7) is 3.96. The van der Waals surface area contributed by atoms with E-state index in [1.54, 1.807) is 19.5 Å². The van der Waals surface area contributed by atoms with E-state index in [2.05, 4.69) is 20.5 Å². The number of anilines is 1. The first-order valence-corrected chi connectivity index (χ1v) is 11.0. The molecule has 0 aliphatic rings. The Morgan fingerprint density at radius 3 is 2.56 bits per heavy atom. The van der Waals surface area contributed by atoms with Crippen molar-refractivity contribution in [2.45, 2.75) is 19.0 Å². The molecule has 0 atom stereocenters. The lowest BCUT2D eigenvalue weighted by Crippen LogP contribution is -2.16. The number of ether oxygens (including phenoxy) is 1. The van der Waals surface area contributed by atoms with E-state index in [0.717, 1.165) is 33.8 Å². The number of aryl methyl sites for hydroxylation is 2. The predicted molar refractivity (Wildman–Crippen MR) is 126 cm³/mol. The third-order valence-electron chi connectivity index (χ3n) is 4.94. The lowest BCUT2D eigenvalue weighted by Gasteiger charge is -2.13. The van der Waals surface area contributed by atoms with Crippen LogP contribution in [0.4, 0.5) is 5.69 Å². The number of methoxy groups -OCH3 is 1. The maximum Gasteiger partial charge on any atom is 0.234 e. The Labute approximate surface area is 190 Å². The van der Waals surface area contributed by atoms with E-state index >= 15 is 0 Å². The van der Waals surface area contributed by atoms with Gasteiger partial charge in [-0.25, -0.2) is 0 Å². The normalized spacial score (nSPS) is 10.7. The lowest BCUT2D eigenvalue weighted by atomic mass is 10.1. The van der Waals surface area contributed by atoms with E-state index < -0.39 is 0 Å². The molecule has 1 amide bonds. The maximum atomic E-state index is 12.7. The quantitative estimate of drug-likeness (QED) is 0.416. The van der Waals surface area contributed by atoms with Gasteiger partial charge in [-0.15, -0.1) is 10.2 Å². The van der Waals surface area contributed by atoms with E-state index in [0.29, 0.717) is 11.0 Å². The lowest BCUT2D eigenvalue weighted by molar-refractivity contribution is -0.113. The molecule has 2 heterocycles. The van der Waals surface area contributed by atoms with Crippen LogP contribution in [0.25, 0.3) is 17.1 Å². The Morgan fingerprint density at radius 2 is 1.84 bits per heavy atom. The molecule has 0 unspecified atom stereocenters. The van der Waals surface area contributed by atoms with E-state index in [9.17, 15) is 4.79 Å². The first kappa shape index (κ1) is 21.6. The average Bonchev–Trinajstić information content (AvgIpc) is 3.25. The largest absolute Gasteiger partial charge is 0.497 e. The summed E-state index contributed by atoms with van der Waals surface area (Å²) in [5, 5.41) is 12.4. The number of aromatic nitrogens is 4. The predicted octanol–water partition coefficient (Wildman–Crippen LogP) is 4.69. The van der Waals surface area contributed by atoms with Gasteiger partial charge in [0, 0.05) is 29.7 Å². The number of hydrogen-bond donors (Lipinski definition) is 1. The van der Waals surface area contributed by atoms with Crippen LogP contribution in [0.1, 0.15) is 11.1 Å². The highest BCUT2D eigenvalue weighted by atomic mass is 32.2. The minimum Gasteiger partial charge on any atom is -0.497 e. The van der Waals surface area contributed by atoms with Crippen molar-refractivity contribution in [3.63, 3.8) is 0 Å². The van der Waals surface area contributed by atoms with Gasteiger partial charge in [-0.2, -0.15) is 0 Å². The molecule has 4 aromatic rings. The van der Waals surface area contributed by atoms with Gasteiger partial charge in [0.15, 0.2) is 11.0 Å². The number of hydrogen-bond acceptors (Lipinski definition) is 6. The number of nitrogens with one attached hydrogen (secondary N) is 1. The summed E-state index contributed by atoms with van der Waals surface area (Å²) < 4.78 is 7.30. The zero-order valence-electron chi connectivity index (χ0n) is 18.1. The Balaban J connectivity index is 1.62. The number of carbonyl (C=O) groups excluding carboxylic acids is 1. The summed E-state index contributed by atoms with van der Waals surface area (Å²) in [6.07, 6.45) is 3.45. The van der Waals surface area contributed by atoms with Crippen LogP contribution in [-0.4, -0.2) is 38.5 Å². The first-order chi connectivity index (χ1) is 15.6. The summed E-state index contributed by atoms with van der Waals surface area (Å²) in [4.78, 5) is 16.9. The molecule has 0 saturated heterocycles. The van der Waals surface area contributed by atoms with Gasteiger partial charge in [0.25, 0.3) is 0 Å². The second-order valence-corrected chi connectivity index (χ2v) is 8.13. The van der Waals surface area contributed by atoms with Crippen molar-refractivity contribution >= 4 is 23.4 Å². The van der Waals surface area contributed by atoms with Crippen LogP contribution >= 0.6 is 11.8 Å². The van der Waals surface area contributed by atoms with Gasteiger partial charge in [0.1, 0.15) is 5.75 Å². The van der Waals surface area contributed by atoms with Gasteiger partial charge in [-0.3, -0.25) is 14.3 Å². The molecule has 32 heavy (non-hydrogen) atoms. The van der Waals surface area contributed by atoms with Gasteiger partial charge in [0.05, 0.1) is 18.6 Å². The highest BCUT2D eigenvalue weighted by Gasteiger charge is 2.18. The third-order valence-corrected chi connectivity index (χ3v) is 5.87. The smallest absolute Gasteiger partial charge is 0.234 e. The molecule has 0 radical (unpaired) electrons.